The second-order valence-corrected chi connectivity index (χ2v) is 10.5. The number of para-hydroxylation sites is 1. The molecule has 1 fully saturated rings. The van der Waals surface area contributed by atoms with E-state index < -0.39 is 18.1 Å². The number of benzene rings is 1. The van der Waals surface area contributed by atoms with Crippen molar-refractivity contribution in [2.45, 2.75) is 65.0 Å². The fourth-order valence-electron chi connectivity index (χ4n) is 5.09. The normalized spacial score (nSPS) is 15.4. The number of piperidine rings is 1. The van der Waals surface area contributed by atoms with Crippen LogP contribution in [0.1, 0.15) is 73.3 Å². The van der Waals surface area contributed by atoms with Crippen LogP contribution in [0.4, 0.5) is 4.79 Å². The second-order valence-electron chi connectivity index (χ2n) is 10.5. The minimum Gasteiger partial charge on any atom is -0.476 e. The first-order valence-electron chi connectivity index (χ1n) is 13.2. The van der Waals surface area contributed by atoms with Crippen molar-refractivity contribution in [2.75, 3.05) is 13.1 Å². The Morgan fingerprint density at radius 2 is 1.82 bits per heavy atom. The van der Waals surface area contributed by atoms with Crippen molar-refractivity contribution in [3.63, 3.8) is 0 Å². The van der Waals surface area contributed by atoms with Crippen LogP contribution in [0.3, 0.4) is 0 Å². The van der Waals surface area contributed by atoms with Crippen LogP contribution in [0, 0.1) is 12.8 Å². The van der Waals surface area contributed by atoms with Gasteiger partial charge in [-0.1, -0.05) is 32.0 Å². The average Bonchev–Trinajstić information content (AvgIpc) is 3.43. The summed E-state index contributed by atoms with van der Waals surface area (Å²) in [6, 6.07) is 6.20. The standard InChI is InChI=1S/C28H37N5O5/c1-17(2)14-21(30-28(37)33-12-8-5-9-13-33)25(34)29-22(26-31-24(27(35)36)18(3)38-26)15-19-16-32(4)23-11-7-6-10-20(19)23/h6-7,10-11,16-17,21-22H,5,8-9,12-15H2,1-4H3,(H,29,34)(H,30,37)(H,35,36)/t21?,22-/m1/s1. The highest BCUT2D eigenvalue weighted by atomic mass is 16.4. The molecule has 3 aromatic rings. The second kappa shape index (κ2) is 11.7. The molecule has 1 unspecified atom stereocenters. The summed E-state index contributed by atoms with van der Waals surface area (Å²) in [6.45, 7) is 6.89. The largest absolute Gasteiger partial charge is 0.476 e. The molecule has 10 heteroatoms. The van der Waals surface area contributed by atoms with E-state index in [1.165, 1.54) is 6.92 Å². The molecule has 0 saturated carbocycles. The van der Waals surface area contributed by atoms with Gasteiger partial charge in [0.1, 0.15) is 17.8 Å². The van der Waals surface area contributed by atoms with Gasteiger partial charge in [-0.3, -0.25) is 4.79 Å². The summed E-state index contributed by atoms with van der Waals surface area (Å²) in [5, 5.41) is 16.5. The van der Waals surface area contributed by atoms with E-state index in [-0.39, 0.29) is 35.2 Å². The van der Waals surface area contributed by atoms with Crippen molar-refractivity contribution in [1.29, 1.82) is 0 Å². The van der Waals surface area contributed by atoms with Gasteiger partial charge in [0.15, 0.2) is 5.69 Å². The summed E-state index contributed by atoms with van der Waals surface area (Å²) in [5.74, 6) is -1.11. The molecule has 1 aromatic carbocycles. The van der Waals surface area contributed by atoms with E-state index in [4.69, 9.17) is 4.42 Å². The molecule has 38 heavy (non-hydrogen) atoms. The van der Waals surface area contributed by atoms with Crippen LogP contribution < -0.4 is 10.6 Å². The van der Waals surface area contributed by atoms with E-state index in [0.717, 1.165) is 35.7 Å². The number of amides is 3. The van der Waals surface area contributed by atoms with Gasteiger partial charge in [0, 0.05) is 43.7 Å². The van der Waals surface area contributed by atoms with E-state index in [9.17, 15) is 19.5 Å². The van der Waals surface area contributed by atoms with Crippen LogP contribution in [0.15, 0.2) is 34.9 Å². The maximum absolute atomic E-state index is 13.6. The maximum Gasteiger partial charge on any atom is 0.358 e. The summed E-state index contributed by atoms with van der Waals surface area (Å²) < 4.78 is 7.77. The van der Waals surface area contributed by atoms with Crippen LogP contribution in [0.2, 0.25) is 0 Å². The van der Waals surface area contributed by atoms with Crippen molar-refractivity contribution < 1.29 is 23.9 Å². The smallest absolute Gasteiger partial charge is 0.358 e. The van der Waals surface area contributed by atoms with Gasteiger partial charge in [0.2, 0.25) is 11.8 Å². The van der Waals surface area contributed by atoms with Gasteiger partial charge in [-0.05, 0) is 50.2 Å². The zero-order chi connectivity index (χ0) is 27.4. The van der Waals surface area contributed by atoms with Crippen LogP contribution in [-0.4, -0.2) is 56.6 Å². The number of likely N-dealkylation sites (tertiary alicyclic amines) is 1. The fraction of sp³-hybridized carbons (Fsp3) is 0.500. The number of aromatic carboxylic acids is 1. The zero-order valence-corrected chi connectivity index (χ0v) is 22.5. The molecular weight excluding hydrogens is 486 g/mol. The first-order chi connectivity index (χ1) is 18.1. The average molecular weight is 524 g/mol. The van der Waals surface area contributed by atoms with Crippen molar-refractivity contribution >= 4 is 28.8 Å². The Balaban J connectivity index is 1.62. The highest BCUT2D eigenvalue weighted by Crippen LogP contribution is 2.27. The Kier molecular flexibility index (Phi) is 8.38. The maximum atomic E-state index is 13.6. The highest BCUT2D eigenvalue weighted by molar-refractivity contribution is 5.88. The van der Waals surface area contributed by atoms with E-state index >= 15 is 0 Å². The van der Waals surface area contributed by atoms with Crippen molar-refractivity contribution in [3.8, 4) is 0 Å². The van der Waals surface area contributed by atoms with Gasteiger partial charge in [-0.25, -0.2) is 14.6 Å². The molecule has 1 aliphatic rings. The Morgan fingerprint density at radius 3 is 2.47 bits per heavy atom. The summed E-state index contributed by atoms with van der Waals surface area (Å²) in [6.07, 6.45) is 5.79. The molecule has 3 heterocycles. The lowest BCUT2D eigenvalue weighted by molar-refractivity contribution is -0.124. The molecule has 0 radical (unpaired) electrons. The third-order valence-corrected chi connectivity index (χ3v) is 7.00. The van der Waals surface area contributed by atoms with E-state index in [2.05, 4.69) is 15.6 Å². The van der Waals surface area contributed by atoms with Crippen molar-refractivity contribution in [2.24, 2.45) is 13.0 Å². The Hall–Kier alpha value is -3.82. The molecule has 2 atom stereocenters. The number of fused-ring (bicyclic) bond motifs is 1. The van der Waals surface area contributed by atoms with Gasteiger partial charge in [-0.2, -0.15) is 0 Å². The minimum atomic E-state index is -1.20. The van der Waals surface area contributed by atoms with Crippen LogP contribution in [-0.2, 0) is 18.3 Å². The number of hydrogen-bond acceptors (Lipinski definition) is 5. The molecular formula is C28H37N5O5. The van der Waals surface area contributed by atoms with Gasteiger partial charge in [0.05, 0.1) is 0 Å². The topological polar surface area (TPSA) is 130 Å². The van der Waals surface area contributed by atoms with Gasteiger partial charge in [-0.15, -0.1) is 0 Å². The molecule has 1 saturated heterocycles. The Morgan fingerprint density at radius 1 is 1.11 bits per heavy atom. The molecule has 3 amide bonds. The lowest BCUT2D eigenvalue weighted by Gasteiger charge is -2.30. The summed E-state index contributed by atoms with van der Waals surface area (Å²) >= 11 is 0. The quantitative estimate of drug-likeness (QED) is 0.386. The molecule has 4 rings (SSSR count). The van der Waals surface area contributed by atoms with Gasteiger partial charge < -0.3 is 29.6 Å². The van der Waals surface area contributed by atoms with E-state index in [1.54, 1.807) is 4.90 Å². The number of carboxylic acid groups (broad SMARTS) is 1. The molecule has 10 nitrogen and oxygen atoms in total. The van der Waals surface area contributed by atoms with Crippen molar-refractivity contribution in [1.82, 2.24) is 25.1 Å². The predicted molar refractivity (Wildman–Crippen MR) is 143 cm³/mol. The predicted octanol–water partition coefficient (Wildman–Crippen LogP) is 4.18. The third-order valence-electron chi connectivity index (χ3n) is 7.00. The Labute approximate surface area is 222 Å². The lowest BCUT2D eigenvalue weighted by Crippen LogP contribution is -2.53. The molecule has 2 aromatic heterocycles. The first kappa shape index (κ1) is 27.2. The number of aryl methyl sites for hydroxylation is 2. The van der Waals surface area contributed by atoms with Crippen LogP contribution >= 0.6 is 0 Å². The monoisotopic (exact) mass is 523 g/mol. The number of carbonyl (C=O) groups is 3. The SMILES string of the molecule is Cc1oc([C@@H](Cc2cn(C)c3ccccc23)NC(=O)C(CC(C)C)NC(=O)N2CCCCC2)nc1C(=O)O. The van der Waals surface area contributed by atoms with Crippen LogP contribution in [0.25, 0.3) is 10.9 Å². The molecule has 204 valence electrons. The molecule has 1 aliphatic heterocycles. The Bertz CT molecular complexity index is 1300. The number of aromatic nitrogens is 2. The van der Waals surface area contributed by atoms with Gasteiger partial charge >= 0.3 is 12.0 Å². The number of urea groups is 1. The molecule has 0 spiro atoms. The zero-order valence-electron chi connectivity index (χ0n) is 22.5. The lowest BCUT2D eigenvalue weighted by atomic mass is 10.0. The first-order valence-corrected chi connectivity index (χ1v) is 13.2. The number of carbonyl (C=O) groups excluding carboxylic acids is 2. The van der Waals surface area contributed by atoms with Crippen LogP contribution in [0.5, 0.6) is 0 Å². The number of carboxylic acids is 1. The molecule has 0 aliphatic carbocycles. The summed E-state index contributed by atoms with van der Waals surface area (Å²) in [7, 11) is 1.95. The van der Waals surface area contributed by atoms with Crippen molar-refractivity contribution in [3.05, 3.63) is 53.4 Å². The summed E-state index contributed by atoms with van der Waals surface area (Å²) in [5.41, 5.74) is 1.81. The number of nitrogens with one attached hydrogen (secondary N) is 2. The van der Waals surface area contributed by atoms with E-state index in [1.807, 2.05) is 55.9 Å². The number of hydrogen-bond donors (Lipinski definition) is 3. The van der Waals surface area contributed by atoms with Gasteiger partial charge in [0.25, 0.3) is 0 Å². The number of oxazole rings is 1. The fourth-order valence-corrected chi connectivity index (χ4v) is 5.09. The number of nitrogens with zero attached hydrogens (tertiary/aromatic N) is 3. The van der Waals surface area contributed by atoms with E-state index in [0.29, 0.717) is 25.9 Å². The number of rotatable bonds is 9. The highest BCUT2D eigenvalue weighted by Gasteiger charge is 2.30. The minimum absolute atomic E-state index is 0.117. The molecule has 3 N–H and O–H groups in total. The third kappa shape index (κ3) is 6.17. The summed E-state index contributed by atoms with van der Waals surface area (Å²) in [4.78, 5) is 44.2. The molecule has 0 bridgehead atoms.